The molecular weight excluding hydrogens is 380 g/mol. The van der Waals surface area contributed by atoms with Gasteiger partial charge in [-0.3, -0.25) is 9.59 Å². The van der Waals surface area contributed by atoms with Crippen LogP contribution in [-0.2, 0) is 9.59 Å². The second-order valence-electron chi connectivity index (χ2n) is 7.60. The Morgan fingerprint density at radius 1 is 1.23 bits per heavy atom. The van der Waals surface area contributed by atoms with Crippen LogP contribution in [0.4, 0.5) is 11.5 Å². The number of carbonyl (C=O) groups excluding carboxylic acids is 2. The third-order valence-corrected chi connectivity index (χ3v) is 5.27. The van der Waals surface area contributed by atoms with Crippen LogP contribution in [0.3, 0.4) is 0 Å². The Morgan fingerprint density at radius 2 is 2.10 bits per heavy atom. The Hall–Kier alpha value is -3.35. The first kappa shape index (κ1) is 19.9. The van der Waals surface area contributed by atoms with Crippen molar-refractivity contribution in [3.05, 3.63) is 54.2 Å². The van der Waals surface area contributed by atoms with Crippen LogP contribution < -0.4 is 20.3 Å². The Bertz CT molecular complexity index is 920. The van der Waals surface area contributed by atoms with Crippen LogP contribution in [0.25, 0.3) is 6.08 Å². The summed E-state index contributed by atoms with van der Waals surface area (Å²) < 4.78 is 6.01. The molecule has 0 radical (unpaired) electrons. The number of anilines is 2. The number of ether oxygens (including phenoxy) is 1. The van der Waals surface area contributed by atoms with E-state index >= 15 is 0 Å². The van der Waals surface area contributed by atoms with Crippen molar-refractivity contribution in [2.45, 2.75) is 31.8 Å². The van der Waals surface area contributed by atoms with E-state index in [0.717, 1.165) is 36.5 Å². The van der Waals surface area contributed by atoms with Gasteiger partial charge in [0, 0.05) is 19.2 Å². The first-order valence-electron chi connectivity index (χ1n) is 10.4. The second-order valence-corrected chi connectivity index (χ2v) is 7.60. The predicted molar refractivity (Wildman–Crippen MR) is 116 cm³/mol. The minimum absolute atomic E-state index is 0.0109. The first-order chi connectivity index (χ1) is 14.7. The summed E-state index contributed by atoms with van der Waals surface area (Å²) in [7, 11) is 0. The van der Waals surface area contributed by atoms with Crippen molar-refractivity contribution in [3.63, 3.8) is 0 Å². The average Bonchev–Trinajstić information content (AvgIpc) is 3.26. The van der Waals surface area contributed by atoms with Gasteiger partial charge in [0.05, 0.1) is 24.5 Å². The highest BCUT2D eigenvalue weighted by Gasteiger charge is 2.17. The lowest BCUT2D eigenvalue weighted by Crippen LogP contribution is -2.48. The number of piperazine rings is 1. The number of carbonyl (C=O) groups is 2. The SMILES string of the molecule is O=C(C=Cc1cccc(OC2CCCC2)c1)Nc1ccc(N2CCNC(=O)C2)nc1. The van der Waals surface area contributed by atoms with E-state index in [1.54, 1.807) is 18.3 Å². The van der Waals surface area contributed by atoms with Crippen LogP contribution in [0.5, 0.6) is 5.75 Å². The van der Waals surface area contributed by atoms with Crippen molar-refractivity contribution in [1.29, 1.82) is 0 Å². The molecule has 2 heterocycles. The standard InChI is InChI=1S/C23H26N4O3/c28-22(11-8-17-4-3-7-20(14-17)30-19-5-1-2-6-19)26-18-9-10-21(25-15-18)27-13-12-24-23(29)16-27/h3-4,7-11,14-15,19H,1-2,5-6,12-13,16H2,(H,24,29)(H,26,28). The Balaban J connectivity index is 1.31. The quantitative estimate of drug-likeness (QED) is 0.721. The van der Waals surface area contributed by atoms with Crippen LogP contribution in [-0.4, -0.2) is 42.5 Å². The third kappa shape index (κ3) is 5.37. The van der Waals surface area contributed by atoms with E-state index in [4.69, 9.17) is 4.74 Å². The lowest BCUT2D eigenvalue weighted by molar-refractivity contribution is -0.120. The monoisotopic (exact) mass is 406 g/mol. The second kappa shape index (κ2) is 9.43. The molecule has 2 aromatic rings. The first-order valence-corrected chi connectivity index (χ1v) is 10.4. The Morgan fingerprint density at radius 3 is 2.87 bits per heavy atom. The van der Waals surface area contributed by atoms with Crippen molar-refractivity contribution >= 4 is 29.4 Å². The summed E-state index contributed by atoms with van der Waals surface area (Å²) in [5.41, 5.74) is 1.52. The number of nitrogens with zero attached hydrogens (tertiary/aromatic N) is 2. The van der Waals surface area contributed by atoms with Gasteiger partial charge in [-0.15, -0.1) is 0 Å². The predicted octanol–water partition coefficient (Wildman–Crippen LogP) is 2.99. The molecule has 1 aromatic heterocycles. The molecule has 0 unspecified atom stereocenters. The van der Waals surface area contributed by atoms with E-state index in [9.17, 15) is 9.59 Å². The molecule has 0 atom stereocenters. The molecule has 1 saturated heterocycles. The summed E-state index contributed by atoms with van der Waals surface area (Å²) >= 11 is 0. The van der Waals surface area contributed by atoms with Gasteiger partial charge in [-0.1, -0.05) is 12.1 Å². The summed E-state index contributed by atoms with van der Waals surface area (Å²) in [6.45, 7) is 1.62. The Labute approximate surface area is 176 Å². The van der Waals surface area contributed by atoms with Gasteiger partial charge < -0.3 is 20.3 Å². The summed E-state index contributed by atoms with van der Waals surface area (Å²) in [5.74, 6) is 1.32. The number of aromatic nitrogens is 1. The maximum atomic E-state index is 12.3. The van der Waals surface area contributed by atoms with Gasteiger partial charge in [0.1, 0.15) is 11.6 Å². The number of nitrogens with one attached hydrogen (secondary N) is 2. The fourth-order valence-corrected chi connectivity index (χ4v) is 3.73. The van der Waals surface area contributed by atoms with Crippen molar-refractivity contribution in [1.82, 2.24) is 10.3 Å². The van der Waals surface area contributed by atoms with Crippen LogP contribution in [0, 0.1) is 0 Å². The van der Waals surface area contributed by atoms with Gasteiger partial charge in [-0.05, 0) is 61.6 Å². The van der Waals surface area contributed by atoms with Gasteiger partial charge in [0.15, 0.2) is 0 Å². The topological polar surface area (TPSA) is 83.6 Å². The molecule has 2 fully saturated rings. The van der Waals surface area contributed by atoms with E-state index in [0.29, 0.717) is 24.9 Å². The lowest BCUT2D eigenvalue weighted by Gasteiger charge is -2.27. The average molecular weight is 406 g/mol. The molecule has 7 heteroatoms. The number of amides is 2. The fraction of sp³-hybridized carbons (Fsp3) is 0.348. The summed E-state index contributed by atoms with van der Waals surface area (Å²) in [4.78, 5) is 30.0. The number of hydrogen-bond donors (Lipinski definition) is 2. The smallest absolute Gasteiger partial charge is 0.248 e. The zero-order valence-corrected chi connectivity index (χ0v) is 16.8. The van der Waals surface area contributed by atoms with E-state index in [-0.39, 0.29) is 11.8 Å². The van der Waals surface area contributed by atoms with E-state index in [1.807, 2.05) is 35.2 Å². The van der Waals surface area contributed by atoms with Crippen LogP contribution in [0.2, 0.25) is 0 Å². The van der Waals surface area contributed by atoms with Gasteiger partial charge >= 0.3 is 0 Å². The number of hydrogen-bond acceptors (Lipinski definition) is 5. The molecule has 156 valence electrons. The lowest BCUT2D eigenvalue weighted by atomic mass is 10.2. The molecular formula is C23H26N4O3. The van der Waals surface area contributed by atoms with E-state index in [1.165, 1.54) is 18.9 Å². The minimum Gasteiger partial charge on any atom is -0.490 e. The molecule has 2 N–H and O–H groups in total. The summed E-state index contributed by atoms with van der Waals surface area (Å²) in [6, 6.07) is 11.4. The zero-order valence-electron chi connectivity index (χ0n) is 16.8. The van der Waals surface area contributed by atoms with Gasteiger partial charge in [-0.2, -0.15) is 0 Å². The minimum atomic E-state index is -0.232. The molecule has 4 rings (SSSR count). The van der Waals surface area contributed by atoms with Gasteiger partial charge in [0.25, 0.3) is 0 Å². The van der Waals surface area contributed by atoms with E-state index in [2.05, 4.69) is 15.6 Å². The molecule has 30 heavy (non-hydrogen) atoms. The fourth-order valence-electron chi connectivity index (χ4n) is 3.73. The van der Waals surface area contributed by atoms with Crippen LogP contribution in [0.1, 0.15) is 31.2 Å². The number of benzene rings is 1. The molecule has 7 nitrogen and oxygen atoms in total. The molecule has 0 bridgehead atoms. The maximum absolute atomic E-state index is 12.3. The van der Waals surface area contributed by atoms with Crippen LogP contribution >= 0.6 is 0 Å². The maximum Gasteiger partial charge on any atom is 0.248 e. The van der Waals surface area contributed by atoms with Gasteiger partial charge in [0.2, 0.25) is 11.8 Å². The largest absolute Gasteiger partial charge is 0.490 e. The molecule has 1 saturated carbocycles. The molecule has 1 aromatic carbocycles. The van der Waals surface area contributed by atoms with Crippen molar-refractivity contribution in [3.8, 4) is 5.75 Å². The van der Waals surface area contributed by atoms with E-state index < -0.39 is 0 Å². The normalized spacial score (nSPS) is 17.2. The Kier molecular flexibility index (Phi) is 6.27. The third-order valence-electron chi connectivity index (χ3n) is 5.27. The molecule has 1 aliphatic heterocycles. The van der Waals surface area contributed by atoms with Crippen LogP contribution in [0.15, 0.2) is 48.7 Å². The van der Waals surface area contributed by atoms with Crippen molar-refractivity contribution in [2.24, 2.45) is 0 Å². The van der Waals surface area contributed by atoms with Crippen molar-refractivity contribution < 1.29 is 14.3 Å². The van der Waals surface area contributed by atoms with Gasteiger partial charge in [-0.25, -0.2) is 4.98 Å². The zero-order chi connectivity index (χ0) is 20.8. The number of pyridine rings is 1. The molecule has 2 aliphatic rings. The molecule has 2 amide bonds. The molecule has 1 aliphatic carbocycles. The van der Waals surface area contributed by atoms with Crippen molar-refractivity contribution in [2.75, 3.05) is 29.9 Å². The molecule has 0 spiro atoms. The highest BCUT2D eigenvalue weighted by molar-refractivity contribution is 6.01. The highest BCUT2D eigenvalue weighted by Crippen LogP contribution is 2.25. The number of rotatable bonds is 6. The summed E-state index contributed by atoms with van der Waals surface area (Å²) in [6.07, 6.45) is 9.86. The highest BCUT2D eigenvalue weighted by atomic mass is 16.5. The summed E-state index contributed by atoms with van der Waals surface area (Å²) in [5, 5.41) is 5.59.